The van der Waals surface area contributed by atoms with Gasteiger partial charge in [-0.2, -0.15) is 18.3 Å². The molecule has 0 spiro atoms. The maximum absolute atomic E-state index is 13.0. The molecule has 0 aliphatic carbocycles. The third-order valence-electron chi connectivity index (χ3n) is 6.53. The lowest BCUT2D eigenvalue weighted by molar-refractivity contribution is -0.140. The van der Waals surface area contributed by atoms with Gasteiger partial charge in [0.05, 0.1) is 36.7 Å². The number of H-pyrrole nitrogens is 1. The van der Waals surface area contributed by atoms with E-state index in [-0.39, 0.29) is 36.7 Å². The van der Waals surface area contributed by atoms with E-state index in [1.807, 2.05) is 4.90 Å². The van der Waals surface area contributed by atoms with Crippen LogP contribution in [0.3, 0.4) is 0 Å². The maximum atomic E-state index is 13.0. The highest BCUT2D eigenvalue weighted by Crippen LogP contribution is 2.29. The Balaban J connectivity index is 1.26. The fraction of sp³-hybridized carbons (Fsp3) is 0.591. The number of aromatic nitrogens is 4. The van der Waals surface area contributed by atoms with Crippen molar-refractivity contribution in [2.24, 2.45) is 0 Å². The maximum Gasteiger partial charge on any atom is 0.419 e. The first kappa shape index (κ1) is 25.8. The lowest BCUT2D eigenvalue weighted by Crippen LogP contribution is -2.47. The number of aliphatic hydroxyl groups is 1. The van der Waals surface area contributed by atoms with E-state index in [0.717, 1.165) is 12.4 Å². The van der Waals surface area contributed by atoms with Crippen LogP contribution in [0.5, 0.6) is 0 Å². The van der Waals surface area contributed by atoms with Gasteiger partial charge in [-0.1, -0.05) is 0 Å². The molecule has 0 radical (unpaired) electrons. The van der Waals surface area contributed by atoms with E-state index in [4.69, 9.17) is 4.74 Å². The average Bonchev–Trinajstić information content (AvgIpc) is 3.24. The molecule has 11 nitrogen and oxygen atoms in total. The van der Waals surface area contributed by atoms with E-state index in [0.29, 0.717) is 50.1 Å². The second-order valence-electron chi connectivity index (χ2n) is 8.89. The summed E-state index contributed by atoms with van der Waals surface area (Å²) in [6, 6.07) is -0.533. The Hall–Kier alpha value is -3.26. The Morgan fingerprint density at radius 2 is 1.86 bits per heavy atom. The molecule has 14 heteroatoms. The van der Waals surface area contributed by atoms with Crippen LogP contribution in [0.15, 0.2) is 23.4 Å². The molecule has 3 N–H and O–H groups in total. The Labute approximate surface area is 204 Å². The summed E-state index contributed by atoms with van der Waals surface area (Å²) in [7, 11) is 0. The third-order valence-corrected chi connectivity index (χ3v) is 6.53. The van der Waals surface area contributed by atoms with Gasteiger partial charge in [-0.3, -0.25) is 9.59 Å². The lowest BCUT2D eigenvalue weighted by atomic mass is 10.0. The van der Waals surface area contributed by atoms with Gasteiger partial charge in [0.1, 0.15) is 6.10 Å². The third kappa shape index (κ3) is 5.75. The summed E-state index contributed by atoms with van der Waals surface area (Å²) >= 11 is 0. The molecule has 4 heterocycles. The Morgan fingerprint density at radius 3 is 2.50 bits per heavy atom. The SMILES string of the molecule is Cc1c(N[C@@H](CO)CO[C@@H]2CCN(C3CCN(c4ncc(C(F)(F)F)cn4)CC3)C2=O)cn[nH]c1=O. The van der Waals surface area contributed by atoms with E-state index >= 15 is 0 Å². The standard InChI is InChI=1S/C22H28F3N7O4/c1-13-17(10-28-30-19(13)34)29-15(11-33)12-36-18-4-7-32(20(18)35)16-2-5-31(6-3-16)21-26-8-14(9-27-21)22(23,24)25/h8-10,15-16,18,33H,2-7,11-12H2,1H3,(H2,29,30,34)/t15-,18+/m0/s1. The molecular weight excluding hydrogens is 483 g/mol. The molecule has 2 saturated heterocycles. The van der Waals surface area contributed by atoms with Gasteiger partial charge in [-0.15, -0.1) is 0 Å². The molecule has 2 aliphatic rings. The number of nitrogens with one attached hydrogen (secondary N) is 2. The topological polar surface area (TPSA) is 137 Å². The van der Waals surface area contributed by atoms with Crippen molar-refractivity contribution in [2.75, 3.05) is 43.1 Å². The zero-order valence-electron chi connectivity index (χ0n) is 19.7. The van der Waals surface area contributed by atoms with Crippen LogP contribution in [0, 0.1) is 6.92 Å². The number of ether oxygens (including phenoxy) is 1. The number of aromatic amines is 1. The van der Waals surface area contributed by atoms with Crippen LogP contribution in [0.2, 0.25) is 0 Å². The van der Waals surface area contributed by atoms with Crippen LogP contribution < -0.4 is 15.8 Å². The summed E-state index contributed by atoms with van der Waals surface area (Å²) in [5, 5.41) is 18.8. The Bertz CT molecular complexity index is 1100. The second kappa shape index (κ2) is 10.8. The number of amides is 1. The number of halogens is 3. The van der Waals surface area contributed by atoms with Crippen LogP contribution in [0.1, 0.15) is 30.4 Å². The molecule has 0 bridgehead atoms. The molecule has 2 aliphatic heterocycles. The molecule has 0 saturated carbocycles. The second-order valence-corrected chi connectivity index (χ2v) is 8.89. The fourth-order valence-corrected chi connectivity index (χ4v) is 4.40. The van der Waals surface area contributed by atoms with Gasteiger partial charge < -0.3 is 25.0 Å². The molecule has 2 atom stereocenters. The van der Waals surface area contributed by atoms with Gasteiger partial charge >= 0.3 is 6.18 Å². The number of hydrogen-bond acceptors (Lipinski definition) is 9. The number of nitrogens with zero attached hydrogens (tertiary/aromatic N) is 5. The first-order chi connectivity index (χ1) is 17.2. The number of hydrogen-bond donors (Lipinski definition) is 3. The molecule has 0 aromatic carbocycles. The Morgan fingerprint density at radius 1 is 1.17 bits per heavy atom. The largest absolute Gasteiger partial charge is 0.419 e. The highest BCUT2D eigenvalue weighted by molar-refractivity contribution is 5.83. The van der Waals surface area contributed by atoms with E-state index in [9.17, 15) is 27.9 Å². The minimum absolute atomic E-state index is 0.00618. The zero-order chi connectivity index (χ0) is 25.9. The highest BCUT2D eigenvalue weighted by atomic mass is 19.4. The van der Waals surface area contributed by atoms with Crippen molar-refractivity contribution in [3.63, 3.8) is 0 Å². The molecule has 196 valence electrons. The van der Waals surface area contributed by atoms with Gasteiger partial charge in [0.2, 0.25) is 5.95 Å². The number of likely N-dealkylation sites (tertiary alicyclic amines) is 1. The van der Waals surface area contributed by atoms with E-state index in [2.05, 4.69) is 25.5 Å². The Kier molecular flexibility index (Phi) is 7.73. The van der Waals surface area contributed by atoms with E-state index < -0.39 is 23.9 Å². The monoisotopic (exact) mass is 511 g/mol. The van der Waals surface area contributed by atoms with Crippen molar-refractivity contribution in [3.8, 4) is 0 Å². The van der Waals surface area contributed by atoms with Crippen molar-refractivity contribution in [2.45, 2.75) is 50.6 Å². The molecule has 36 heavy (non-hydrogen) atoms. The van der Waals surface area contributed by atoms with E-state index in [1.165, 1.54) is 6.20 Å². The van der Waals surface area contributed by atoms with Crippen molar-refractivity contribution in [1.29, 1.82) is 0 Å². The molecule has 0 unspecified atom stereocenters. The number of rotatable bonds is 8. The summed E-state index contributed by atoms with van der Waals surface area (Å²) in [6.07, 6.45) is -0.309. The minimum Gasteiger partial charge on any atom is -0.394 e. The van der Waals surface area contributed by atoms with Crippen molar-refractivity contribution < 1.29 is 27.8 Å². The number of carbonyl (C=O) groups is 1. The predicted octanol–water partition coefficient (Wildman–Crippen LogP) is 0.946. The summed E-state index contributed by atoms with van der Waals surface area (Å²) in [5.74, 6) is 0.119. The van der Waals surface area contributed by atoms with Crippen LogP contribution in [-0.2, 0) is 15.7 Å². The molecule has 1 amide bonds. The van der Waals surface area contributed by atoms with Gasteiger partial charge in [-0.05, 0) is 19.8 Å². The van der Waals surface area contributed by atoms with Crippen molar-refractivity contribution in [1.82, 2.24) is 25.1 Å². The number of alkyl halides is 3. The fourth-order valence-electron chi connectivity index (χ4n) is 4.40. The number of carbonyl (C=O) groups excluding carboxylic acids is 1. The lowest BCUT2D eigenvalue weighted by Gasteiger charge is -2.36. The van der Waals surface area contributed by atoms with Crippen molar-refractivity contribution >= 4 is 17.5 Å². The van der Waals surface area contributed by atoms with Gasteiger partial charge in [0, 0.05) is 50.1 Å². The molecular formula is C22H28F3N7O4. The summed E-state index contributed by atoms with van der Waals surface area (Å²) in [4.78, 5) is 36.0. The smallest absolute Gasteiger partial charge is 0.394 e. The normalized spacial score (nSPS) is 20.1. The molecule has 4 rings (SSSR count). The number of anilines is 2. The van der Waals surface area contributed by atoms with Crippen LogP contribution in [-0.4, -0.2) is 87.1 Å². The first-order valence-electron chi connectivity index (χ1n) is 11.6. The quantitative estimate of drug-likeness (QED) is 0.473. The van der Waals surface area contributed by atoms with Crippen LogP contribution in [0.4, 0.5) is 24.8 Å². The molecule has 2 aromatic heterocycles. The van der Waals surface area contributed by atoms with Gasteiger partial charge in [-0.25, -0.2) is 15.1 Å². The number of piperidine rings is 1. The van der Waals surface area contributed by atoms with Gasteiger partial charge in [0.15, 0.2) is 0 Å². The van der Waals surface area contributed by atoms with Crippen LogP contribution in [0.25, 0.3) is 0 Å². The van der Waals surface area contributed by atoms with Crippen LogP contribution >= 0.6 is 0 Å². The zero-order valence-corrected chi connectivity index (χ0v) is 19.7. The highest BCUT2D eigenvalue weighted by Gasteiger charge is 2.38. The van der Waals surface area contributed by atoms with E-state index in [1.54, 1.807) is 11.8 Å². The number of aliphatic hydroxyl groups excluding tert-OH is 1. The molecule has 2 fully saturated rings. The predicted molar refractivity (Wildman–Crippen MR) is 122 cm³/mol. The van der Waals surface area contributed by atoms with Gasteiger partial charge in [0.25, 0.3) is 11.5 Å². The summed E-state index contributed by atoms with van der Waals surface area (Å²) in [6.45, 7) is 3.01. The average molecular weight is 512 g/mol. The first-order valence-corrected chi connectivity index (χ1v) is 11.6. The minimum atomic E-state index is -4.48. The molecule has 2 aromatic rings. The summed E-state index contributed by atoms with van der Waals surface area (Å²) in [5.41, 5.74) is -0.322. The summed E-state index contributed by atoms with van der Waals surface area (Å²) < 4.78 is 44.0. The van der Waals surface area contributed by atoms with Crippen molar-refractivity contribution in [3.05, 3.63) is 40.1 Å².